The maximum absolute atomic E-state index is 12.0. The minimum absolute atomic E-state index is 0.108. The van der Waals surface area contributed by atoms with Crippen LogP contribution in [0.15, 0.2) is 47.8 Å². The normalized spacial score (nSPS) is 10.9. The lowest BCUT2D eigenvalue weighted by atomic mass is 10.0. The van der Waals surface area contributed by atoms with Gasteiger partial charge in [0.05, 0.1) is 10.8 Å². The van der Waals surface area contributed by atoms with Gasteiger partial charge in [0, 0.05) is 6.20 Å². The summed E-state index contributed by atoms with van der Waals surface area (Å²) in [5.41, 5.74) is 1.24. The Morgan fingerprint density at radius 1 is 1.24 bits per heavy atom. The summed E-state index contributed by atoms with van der Waals surface area (Å²) in [7, 11) is 0. The van der Waals surface area contributed by atoms with Gasteiger partial charge in [0.15, 0.2) is 5.82 Å². The van der Waals surface area contributed by atoms with Crippen molar-refractivity contribution in [1.29, 1.82) is 0 Å². The molecule has 0 radical (unpaired) electrons. The van der Waals surface area contributed by atoms with E-state index in [1.54, 1.807) is 12.1 Å². The third-order valence-corrected chi connectivity index (χ3v) is 5.14. The number of thioether (sulfide) groups is 1. The first-order valence-electron chi connectivity index (χ1n) is 8.88. The van der Waals surface area contributed by atoms with E-state index in [0.29, 0.717) is 27.7 Å². The van der Waals surface area contributed by atoms with E-state index >= 15 is 0 Å². The number of anilines is 1. The van der Waals surface area contributed by atoms with Crippen molar-refractivity contribution in [3.8, 4) is 5.75 Å². The van der Waals surface area contributed by atoms with Gasteiger partial charge in [-0.2, -0.15) is 0 Å². The molecular formula is C19H21ClN6O2S. The summed E-state index contributed by atoms with van der Waals surface area (Å²) in [6.07, 6.45) is 1.46. The number of aromatic nitrogens is 4. The van der Waals surface area contributed by atoms with Crippen molar-refractivity contribution < 1.29 is 9.53 Å². The first kappa shape index (κ1) is 20.9. The van der Waals surface area contributed by atoms with Gasteiger partial charge < -0.3 is 15.9 Å². The summed E-state index contributed by atoms with van der Waals surface area (Å²) < 4.78 is 7.04. The largest absolute Gasteiger partial charge is 0.486 e. The van der Waals surface area contributed by atoms with E-state index in [-0.39, 0.29) is 18.3 Å². The number of nitrogens with zero attached hydrogens (tertiary/aromatic N) is 4. The smallest absolute Gasteiger partial charge is 0.236 e. The molecule has 29 heavy (non-hydrogen) atoms. The van der Waals surface area contributed by atoms with Crippen LogP contribution < -0.4 is 15.9 Å². The minimum atomic E-state index is -0.240. The number of carbonyl (C=O) groups is 1. The number of amides is 1. The molecule has 0 saturated carbocycles. The Kier molecular flexibility index (Phi) is 6.95. The second-order valence-electron chi connectivity index (χ2n) is 6.48. The average Bonchev–Trinajstić information content (AvgIpc) is 3.06. The van der Waals surface area contributed by atoms with E-state index in [9.17, 15) is 4.79 Å². The zero-order valence-electron chi connectivity index (χ0n) is 16.0. The Balaban J connectivity index is 1.50. The highest BCUT2D eigenvalue weighted by atomic mass is 35.5. The number of nitrogens with one attached hydrogen (secondary N) is 1. The number of halogens is 1. The minimum Gasteiger partial charge on any atom is -0.486 e. The zero-order valence-corrected chi connectivity index (χ0v) is 17.6. The first-order chi connectivity index (χ1) is 13.9. The molecule has 0 atom stereocenters. The molecule has 0 fully saturated rings. The Labute approximate surface area is 177 Å². The van der Waals surface area contributed by atoms with Crippen molar-refractivity contribution in [2.45, 2.75) is 31.5 Å². The molecule has 8 nitrogen and oxygen atoms in total. The molecule has 1 amide bonds. The fourth-order valence-electron chi connectivity index (χ4n) is 2.36. The molecule has 3 rings (SSSR count). The molecule has 0 bridgehead atoms. The van der Waals surface area contributed by atoms with Crippen LogP contribution in [-0.2, 0) is 11.4 Å². The molecule has 0 saturated heterocycles. The van der Waals surface area contributed by atoms with Crippen LogP contribution in [0.2, 0.25) is 5.02 Å². The molecule has 0 aliphatic heterocycles. The van der Waals surface area contributed by atoms with Crippen LogP contribution in [0.4, 0.5) is 5.82 Å². The van der Waals surface area contributed by atoms with Gasteiger partial charge in [0.25, 0.3) is 0 Å². The van der Waals surface area contributed by atoms with Crippen molar-refractivity contribution in [3.05, 3.63) is 59.0 Å². The molecule has 3 N–H and O–H groups in total. The lowest BCUT2D eigenvalue weighted by molar-refractivity contribution is -0.113. The number of nitrogen functional groups attached to an aromatic ring is 1. The van der Waals surface area contributed by atoms with Crippen LogP contribution in [0.3, 0.4) is 0 Å². The van der Waals surface area contributed by atoms with E-state index in [4.69, 9.17) is 22.2 Å². The van der Waals surface area contributed by atoms with Gasteiger partial charge in [-0.1, -0.05) is 49.3 Å². The second kappa shape index (κ2) is 9.62. The fourth-order valence-corrected chi connectivity index (χ4v) is 3.15. The molecule has 1 aromatic carbocycles. The predicted octanol–water partition coefficient (Wildman–Crippen LogP) is 3.47. The van der Waals surface area contributed by atoms with E-state index in [2.05, 4.69) is 34.3 Å². The quantitative estimate of drug-likeness (QED) is 0.414. The summed E-state index contributed by atoms with van der Waals surface area (Å²) in [6, 6.07) is 11.2. The molecule has 0 spiro atoms. The Morgan fingerprint density at radius 2 is 2.00 bits per heavy atom. The number of rotatable bonds is 8. The van der Waals surface area contributed by atoms with E-state index in [1.807, 2.05) is 24.3 Å². The zero-order chi connectivity index (χ0) is 20.8. The third-order valence-electron chi connectivity index (χ3n) is 3.98. The Bertz CT molecular complexity index is 960. The van der Waals surface area contributed by atoms with Crippen LogP contribution in [0.1, 0.15) is 31.2 Å². The van der Waals surface area contributed by atoms with Gasteiger partial charge in [-0.15, -0.1) is 10.2 Å². The van der Waals surface area contributed by atoms with E-state index < -0.39 is 0 Å². The highest BCUT2D eigenvalue weighted by molar-refractivity contribution is 7.99. The van der Waals surface area contributed by atoms with E-state index in [1.165, 1.54) is 28.2 Å². The van der Waals surface area contributed by atoms with Gasteiger partial charge in [0.1, 0.15) is 18.2 Å². The SMILES string of the molecule is CC(C)c1ccc(OCc2nnc(SCC(=O)Nc3ccc(Cl)cn3)n2N)cc1. The Hall–Kier alpha value is -2.78. The maximum Gasteiger partial charge on any atom is 0.236 e. The van der Waals surface area contributed by atoms with Crippen molar-refractivity contribution in [2.24, 2.45) is 0 Å². The monoisotopic (exact) mass is 432 g/mol. The summed E-state index contributed by atoms with van der Waals surface area (Å²) in [4.78, 5) is 16.1. The van der Waals surface area contributed by atoms with Gasteiger partial charge in [-0.3, -0.25) is 4.79 Å². The number of hydrogen-bond acceptors (Lipinski definition) is 7. The first-order valence-corrected chi connectivity index (χ1v) is 10.2. The topological polar surface area (TPSA) is 108 Å². The van der Waals surface area contributed by atoms with Crippen LogP contribution in [0, 0.1) is 0 Å². The van der Waals surface area contributed by atoms with Crippen molar-refractivity contribution >= 4 is 35.1 Å². The number of carbonyl (C=O) groups excluding carboxylic acids is 1. The summed E-state index contributed by atoms with van der Waals surface area (Å²) in [5, 5.41) is 11.6. The standard InChI is InChI=1S/C19H21ClN6O2S/c1-12(2)13-3-6-15(7-4-13)28-10-17-24-25-19(26(17)21)29-11-18(27)23-16-8-5-14(20)9-22-16/h3-9,12H,10-11,21H2,1-2H3,(H,22,23,27). The van der Waals surface area contributed by atoms with Crippen molar-refractivity contribution in [1.82, 2.24) is 19.9 Å². The molecule has 2 aromatic heterocycles. The van der Waals surface area contributed by atoms with Gasteiger partial charge in [-0.05, 0) is 35.7 Å². The number of ether oxygens (including phenoxy) is 1. The average molecular weight is 433 g/mol. The summed E-state index contributed by atoms with van der Waals surface area (Å²) in [6.45, 7) is 4.45. The number of nitrogens with two attached hydrogens (primary N) is 1. The fraction of sp³-hybridized carbons (Fsp3) is 0.263. The van der Waals surface area contributed by atoms with Crippen LogP contribution in [0.5, 0.6) is 5.75 Å². The lowest BCUT2D eigenvalue weighted by Gasteiger charge is -2.09. The molecule has 152 valence electrons. The van der Waals surface area contributed by atoms with E-state index in [0.717, 1.165) is 5.75 Å². The van der Waals surface area contributed by atoms with Crippen molar-refractivity contribution in [2.75, 3.05) is 16.9 Å². The van der Waals surface area contributed by atoms with Crippen molar-refractivity contribution in [3.63, 3.8) is 0 Å². The van der Waals surface area contributed by atoms with Crippen LogP contribution in [-0.4, -0.2) is 31.5 Å². The second-order valence-corrected chi connectivity index (χ2v) is 7.86. The highest BCUT2D eigenvalue weighted by Gasteiger charge is 2.13. The lowest BCUT2D eigenvalue weighted by Crippen LogP contribution is -2.18. The Morgan fingerprint density at radius 3 is 2.66 bits per heavy atom. The predicted molar refractivity (Wildman–Crippen MR) is 114 cm³/mol. The molecule has 0 aliphatic carbocycles. The molecule has 10 heteroatoms. The molecule has 2 heterocycles. The number of hydrogen-bond donors (Lipinski definition) is 2. The summed E-state index contributed by atoms with van der Waals surface area (Å²) >= 11 is 6.94. The van der Waals surface area contributed by atoms with Gasteiger partial charge in [0.2, 0.25) is 11.1 Å². The molecule has 3 aromatic rings. The number of pyridine rings is 1. The highest BCUT2D eigenvalue weighted by Crippen LogP contribution is 2.20. The molecular weight excluding hydrogens is 412 g/mol. The maximum atomic E-state index is 12.0. The van der Waals surface area contributed by atoms with Gasteiger partial charge >= 0.3 is 0 Å². The van der Waals surface area contributed by atoms with Crippen LogP contribution >= 0.6 is 23.4 Å². The third kappa shape index (κ3) is 5.85. The summed E-state index contributed by atoms with van der Waals surface area (Å²) in [5.74, 6) is 7.95. The molecule has 0 unspecified atom stereocenters. The number of benzene rings is 1. The van der Waals surface area contributed by atoms with Crippen LogP contribution in [0.25, 0.3) is 0 Å². The van der Waals surface area contributed by atoms with Gasteiger partial charge in [-0.25, -0.2) is 9.66 Å². The molecule has 0 aliphatic rings.